The summed E-state index contributed by atoms with van der Waals surface area (Å²) in [7, 11) is 0. The maximum atomic E-state index is 13.4. The highest BCUT2D eigenvalue weighted by atomic mass is 16.3. The first-order valence-corrected chi connectivity index (χ1v) is 9.43. The number of phenolic OH excluding ortho intramolecular Hbond substituents is 1. The Labute approximate surface area is 166 Å². The van der Waals surface area contributed by atoms with Gasteiger partial charge in [-0.1, -0.05) is 26.0 Å². The molecular formula is C21H21NO7. The van der Waals surface area contributed by atoms with Crippen LogP contribution < -0.4 is 5.73 Å². The van der Waals surface area contributed by atoms with Gasteiger partial charge in [-0.05, 0) is 29.4 Å². The molecular weight excluding hydrogens is 378 g/mol. The van der Waals surface area contributed by atoms with Crippen molar-refractivity contribution in [1.29, 1.82) is 0 Å². The molecule has 1 aromatic carbocycles. The van der Waals surface area contributed by atoms with Gasteiger partial charge in [0.15, 0.2) is 34.7 Å². The number of hydrogen-bond donors (Lipinski definition) is 3. The highest BCUT2D eigenvalue weighted by molar-refractivity contribution is 6.31. The number of fused-ring (bicyclic) bond motifs is 3. The SMILES string of the molecule is CC1(C)c2cccc(O)c2C(=O)C2C(=O)[C@]3(O)C(=O)C(C(N)=O)C(=O)C[C@@H]3C[C@@H]21. The molecule has 2 fully saturated rings. The first-order valence-electron chi connectivity index (χ1n) is 9.43. The Hall–Kier alpha value is -2.87. The zero-order chi connectivity index (χ0) is 21.5. The van der Waals surface area contributed by atoms with Gasteiger partial charge in [0.05, 0.1) is 11.5 Å². The topological polar surface area (TPSA) is 152 Å². The second kappa shape index (κ2) is 5.82. The van der Waals surface area contributed by atoms with E-state index in [1.54, 1.807) is 12.1 Å². The van der Waals surface area contributed by atoms with E-state index in [0.717, 1.165) is 0 Å². The number of aromatic hydroxyl groups is 1. The molecule has 0 spiro atoms. The van der Waals surface area contributed by atoms with Crippen molar-refractivity contribution in [2.45, 2.75) is 37.7 Å². The van der Waals surface area contributed by atoms with E-state index >= 15 is 0 Å². The summed E-state index contributed by atoms with van der Waals surface area (Å²) in [5, 5.41) is 21.4. The first kappa shape index (κ1) is 19.4. The Kier molecular flexibility index (Phi) is 3.90. The fourth-order valence-electron chi connectivity index (χ4n) is 5.51. The second-order valence-corrected chi connectivity index (χ2v) is 8.80. The molecule has 0 aromatic heterocycles. The summed E-state index contributed by atoms with van der Waals surface area (Å²) in [4.78, 5) is 63.4. The number of amides is 1. The Morgan fingerprint density at radius 1 is 1.14 bits per heavy atom. The van der Waals surface area contributed by atoms with Crippen molar-refractivity contribution >= 4 is 29.0 Å². The van der Waals surface area contributed by atoms with Gasteiger partial charge in [-0.25, -0.2) is 0 Å². The molecule has 4 N–H and O–H groups in total. The van der Waals surface area contributed by atoms with Crippen LogP contribution in [0.4, 0.5) is 0 Å². The first-order chi connectivity index (χ1) is 13.4. The molecule has 2 unspecified atom stereocenters. The summed E-state index contributed by atoms with van der Waals surface area (Å²) >= 11 is 0. The van der Waals surface area contributed by atoms with Gasteiger partial charge in [0.2, 0.25) is 5.91 Å². The van der Waals surface area contributed by atoms with E-state index in [9.17, 15) is 34.2 Å². The largest absolute Gasteiger partial charge is 0.507 e. The molecule has 0 aliphatic heterocycles. The zero-order valence-corrected chi connectivity index (χ0v) is 16.0. The number of nitrogens with two attached hydrogens (primary N) is 1. The predicted octanol–water partition coefficient (Wildman–Crippen LogP) is 0.0620. The number of ketones is 4. The van der Waals surface area contributed by atoms with Gasteiger partial charge in [0.25, 0.3) is 0 Å². The quantitative estimate of drug-likeness (QED) is 0.565. The highest BCUT2D eigenvalue weighted by Crippen LogP contribution is 2.55. The fourth-order valence-corrected chi connectivity index (χ4v) is 5.51. The number of phenols is 1. The smallest absolute Gasteiger partial charge is 0.235 e. The molecule has 0 saturated heterocycles. The number of hydrogen-bond acceptors (Lipinski definition) is 7. The van der Waals surface area contributed by atoms with Crippen LogP contribution in [0.2, 0.25) is 0 Å². The molecule has 1 aromatic rings. The normalized spacial score (nSPS) is 35.6. The number of carbonyl (C=O) groups excluding carboxylic acids is 5. The molecule has 3 aliphatic carbocycles. The Bertz CT molecular complexity index is 1010. The van der Waals surface area contributed by atoms with Gasteiger partial charge < -0.3 is 15.9 Å². The van der Waals surface area contributed by atoms with E-state index in [-0.39, 0.29) is 24.2 Å². The number of benzene rings is 1. The molecule has 152 valence electrons. The van der Waals surface area contributed by atoms with Crippen molar-refractivity contribution in [3.05, 3.63) is 29.3 Å². The average Bonchev–Trinajstić information content (AvgIpc) is 2.62. The van der Waals surface area contributed by atoms with Gasteiger partial charge in [-0.3, -0.25) is 24.0 Å². The Morgan fingerprint density at radius 3 is 2.41 bits per heavy atom. The van der Waals surface area contributed by atoms with Crippen molar-refractivity contribution in [2.75, 3.05) is 0 Å². The van der Waals surface area contributed by atoms with E-state index in [4.69, 9.17) is 5.73 Å². The molecule has 4 rings (SSSR count). The summed E-state index contributed by atoms with van der Waals surface area (Å²) in [5.41, 5.74) is 2.37. The maximum Gasteiger partial charge on any atom is 0.235 e. The number of rotatable bonds is 1. The molecule has 3 aliphatic rings. The van der Waals surface area contributed by atoms with Crippen LogP contribution in [0, 0.1) is 23.7 Å². The fraction of sp³-hybridized carbons (Fsp3) is 0.476. The van der Waals surface area contributed by atoms with Crippen LogP contribution in [0.15, 0.2) is 18.2 Å². The average molecular weight is 399 g/mol. The molecule has 8 heteroatoms. The third-order valence-electron chi connectivity index (χ3n) is 7.07. The molecule has 8 nitrogen and oxygen atoms in total. The van der Waals surface area contributed by atoms with Gasteiger partial charge in [0, 0.05) is 12.3 Å². The van der Waals surface area contributed by atoms with Crippen LogP contribution in [0.5, 0.6) is 5.75 Å². The third kappa shape index (κ3) is 2.26. The molecule has 0 radical (unpaired) electrons. The van der Waals surface area contributed by atoms with Crippen molar-refractivity contribution in [3.8, 4) is 5.75 Å². The van der Waals surface area contributed by atoms with Crippen molar-refractivity contribution < 1.29 is 34.2 Å². The van der Waals surface area contributed by atoms with Crippen molar-refractivity contribution in [2.24, 2.45) is 29.4 Å². The monoisotopic (exact) mass is 399 g/mol. The van der Waals surface area contributed by atoms with E-state index in [0.29, 0.717) is 5.56 Å². The van der Waals surface area contributed by atoms with E-state index < -0.39 is 63.7 Å². The van der Waals surface area contributed by atoms with Crippen molar-refractivity contribution in [1.82, 2.24) is 0 Å². The van der Waals surface area contributed by atoms with Crippen LogP contribution in [0.25, 0.3) is 0 Å². The van der Waals surface area contributed by atoms with Crippen LogP contribution in [0.3, 0.4) is 0 Å². The number of primary amides is 1. The molecule has 2 saturated carbocycles. The maximum absolute atomic E-state index is 13.4. The van der Waals surface area contributed by atoms with Gasteiger partial charge in [-0.2, -0.15) is 0 Å². The van der Waals surface area contributed by atoms with Gasteiger partial charge in [0.1, 0.15) is 5.75 Å². The summed E-state index contributed by atoms with van der Waals surface area (Å²) in [6, 6.07) is 4.65. The van der Waals surface area contributed by atoms with Crippen LogP contribution in [-0.2, 0) is 24.6 Å². The zero-order valence-electron chi connectivity index (χ0n) is 16.0. The molecule has 0 bridgehead atoms. The third-order valence-corrected chi connectivity index (χ3v) is 7.07. The van der Waals surface area contributed by atoms with Gasteiger partial charge in [-0.15, -0.1) is 0 Å². The minimum Gasteiger partial charge on any atom is -0.507 e. The Balaban J connectivity index is 1.89. The lowest BCUT2D eigenvalue weighted by Crippen LogP contribution is -2.69. The van der Waals surface area contributed by atoms with Crippen LogP contribution >= 0.6 is 0 Å². The number of carbonyl (C=O) groups is 5. The molecule has 29 heavy (non-hydrogen) atoms. The lowest BCUT2D eigenvalue weighted by molar-refractivity contribution is -0.177. The van der Waals surface area contributed by atoms with E-state index in [1.807, 2.05) is 13.8 Å². The summed E-state index contributed by atoms with van der Waals surface area (Å²) in [6.45, 7) is 3.65. The minimum absolute atomic E-state index is 0.0000592. The van der Waals surface area contributed by atoms with Gasteiger partial charge >= 0.3 is 0 Å². The second-order valence-electron chi connectivity index (χ2n) is 8.80. The Morgan fingerprint density at radius 2 is 1.79 bits per heavy atom. The molecule has 1 amide bonds. The summed E-state index contributed by atoms with van der Waals surface area (Å²) in [5.74, 6) is -10.0. The van der Waals surface area contributed by atoms with Crippen LogP contribution in [0.1, 0.15) is 42.6 Å². The van der Waals surface area contributed by atoms with Crippen molar-refractivity contribution in [3.63, 3.8) is 0 Å². The lowest BCUT2D eigenvalue weighted by atomic mass is 9.48. The predicted molar refractivity (Wildman–Crippen MR) is 97.8 cm³/mol. The minimum atomic E-state index is -2.62. The van der Waals surface area contributed by atoms with Crippen LogP contribution in [-0.4, -0.2) is 44.9 Å². The standard InChI is InChI=1S/C21H21NO7/c1-20(2)9-4-3-5-11(23)13(9)16(25)14-10(20)6-8-7-12(24)15(19(22)28)18(27)21(8,29)17(14)26/h3-5,8,10,14-15,23,29H,6-7H2,1-2H3,(H2,22,28)/t8-,10-,14?,15?,21-/m0/s1. The number of aliphatic hydroxyl groups is 1. The summed E-state index contributed by atoms with van der Waals surface area (Å²) < 4.78 is 0. The molecule has 5 atom stereocenters. The molecule has 0 heterocycles. The lowest BCUT2D eigenvalue weighted by Gasteiger charge is -2.53. The van der Waals surface area contributed by atoms with E-state index in [1.165, 1.54) is 6.07 Å². The highest BCUT2D eigenvalue weighted by Gasteiger charge is 2.68. The van der Waals surface area contributed by atoms with E-state index in [2.05, 4.69) is 0 Å². The number of Topliss-reactive ketones (excluding diaryl/α,β-unsaturated/α-hetero) is 4. The summed E-state index contributed by atoms with van der Waals surface area (Å²) in [6.07, 6.45) is -0.272.